The van der Waals surface area contributed by atoms with Gasteiger partial charge in [-0.2, -0.15) is 0 Å². The minimum atomic E-state index is 0.227. The number of hydrogen-bond donors (Lipinski definition) is 3. The molecule has 88 valence electrons. The molecular formula is C10H17N5S. The number of anilines is 2. The highest BCUT2D eigenvalue weighted by molar-refractivity contribution is 7.99. The van der Waals surface area contributed by atoms with E-state index < -0.39 is 0 Å². The summed E-state index contributed by atoms with van der Waals surface area (Å²) >= 11 is 1.59. The van der Waals surface area contributed by atoms with Gasteiger partial charge in [-0.1, -0.05) is 24.6 Å². The van der Waals surface area contributed by atoms with Crippen molar-refractivity contribution >= 4 is 23.4 Å². The van der Waals surface area contributed by atoms with Gasteiger partial charge in [0.2, 0.25) is 0 Å². The summed E-state index contributed by atoms with van der Waals surface area (Å²) in [5.41, 5.74) is 17.3. The zero-order chi connectivity index (χ0) is 11.5. The van der Waals surface area contributed by atoms with Gasteiger partial charge in [0.25, 0.3) is 0 Å². The molecule has 0 bridgehead atoms. The Morgan fingerprint density at radius 3 is 2.38 bits per heavy atom. The van der Waals surface area contributed by atoms with Crippen LogP contribution in [0.4, 0.5) is 11.6 Å². The minimum absolute atomic E-state index is 0.227. The minimum Gasteiger partial charge on any atom is -0.383 e. The third-order valence-electron chi connectivity index (χ3n) is 2.76. The lowest BCUT2D eigenvalue weighted by Crippen LogP contribution is -2.35. The van der Waals surface area contributed by atoms with Gasteiger partial charge in [0.1, 0.15) is 11.6 Å². The van der Waals surface area contributed by atoms with E-state index >= 15 is 0 Å². The molecule has 1 fully saturated rings. The fourth-order valence-electron chi connectivity index (χ4n) is 1.92. The highest BCUT2D eigenvalue weighted by Gasteiger charge is 2.23. The summed E-state index contributed by atoms with van der Waals surface area (Å²) in [5, 5.41) is 1.02. The van der Waals surface area contributed by atoms with Crippen LogP contribution in [0.2, 0.25) is 0 Å². The highest BCUT2D eigenvalue weighted by Crippen LogP contribution is 2.31. The van der Waals surface area contributed by atoms with Crippen molar-refractivity contribution in [3.8, 4) is 0 Å². The van der Waals surface area contributed by atoms with E-state index in [0.29, 0.717) is 22.0 Å². The fourth-order valence-corrected chi connectivity index (χ4v) is 3.10. The van der Waals surface area contributed by atoms with Crippen LogP contribution in [0.25, 0.3) is 0 Å². The van der Waals surface area contributed by atoms with Crippen LogP contribution in [0.3, 0.4) is 0 Å². The zero-order valence-corrected chi connectivity index (χ0v) is 9.91. The van der Waals surface area contributed by atoms with Crippen molar-refractivity contribution in [3.63, 3.8) is 0 Å². The Morgan fingerprint density at radius 1 is 1.12 bits per heavy atom. The first-order chi connectivity index (χ1) is 7.65. The summed E-state index contributed by atoms with van der Waals surface area (Å²) in [4.78, 5) is 8.31. The topological polar surface area (TPSA) is 104 Å². The fraction of sp³-hybridized carbons (Fsp3) is 0.600. The van der Waals surface area contributed by atoms with Gasteiger partial charge in [-0.05, 0) is 12.8 Å². The maximum absolute atomic E-state index is 6.06. The quantitative estimate of drug-likeness (QED) is 0.665. The number of rotatable bonds is 2. The smallest absolute Gasteiger partial charge is 0.191 e. The van der Waals surface area contributed by atoms with Crippen LogP contribution >= 0.6 is 11.8 Å². The van der Waals surface area contributed by atoms with Crippen molar-refractivity contribution in [1.29, 1.82) is 0 Å². The Balaban J connectivity index is 2.07. The predicted octanol–water partition coefficient (Wildman–Crippen LogP) is 1.00. The summed E-state index contributed by atoms with van der Waals surface area (Å²) in [6.45, 7) is 0. The number of nitrogen functional groups attached to an aromatic ring is 2. The molecule has 1 aromatic heterocycles. The van der Waals surface area contributed by atoms with Gasteiger partial charge in [0.05, 0.1) is 0 Å². The van der Waals surface area contributed by atoms with Crippen molar-refractivity contribution in [2.45, 2.75) is 42.1 Å². The van der Waals surface area contributed by atoms with Crippen LogP contribution in [-0.4, -0.2) is 21.3 Å². The normalized spacial score (nSPS) is 25.6. The lowest BCUT2D eigenvalue weighted by atomic mass is 9.96. The molecule has 2 rings (SSSR count). The molecule has 16 heavy (non-hydrogen) atoms. The molecule has 1 aromatic rings. The second-order valence-electron chi connectivity index (χ2n) is 4.10. The average molecular weight is 239 g/mol. The van der Waals surface area contributed by atoms with Gasteiger partial charge in [-0.25, -0.2) is 9.97 Å². The van der Waals surface area contributed by atoms with Crippen LogP contribution < -0.4 is 17.2 Å². The summed E-state index contributed by atoms with van der Waals surface area (Å²) in [5.74, 6) is 0.832. The van der Waals surface area contributed by atoms with Gasteiger partial charge in [-0.15, -0.1) is 0 Å². The van der Waals surface area contributed by atoms with E-state index in [2.05, 4.69) is 9.97 Å². The summed E-state index contributed by atoms with van der Waals surface area (Å²) < 4.78 is 0. The largest absolute Gasteiger partial charge is 0.383 e. The van der Waals surface area contributed by atoms with Crippen LogP contribution in [0.1, 0.15) is 25.7 Å². The molecule has 2 atom stereocenters. The predicted molar refractivity (Wildman–Crippen MR) is 66.9 cm³/mol. The Kier molecular flexibility index (Phi) is 3.50. The van der Waals surface area contributed by atoms with E-state index in [-0.39, 0.29) is 6.04 Å². The molecule has 5 nitrogen and oxygen atoms in total. The van der Waals surface area contributed by atoms with Gasteiger partial charge in [0.15, 0.2) is 5.16 Å². The van der Waals surface area contributed by atoms with Gasteiger partial charge >= 0.3 is 0 Å². The second kappa shape index (κ2) is 4.88. The van der Waals surface area contributed by atoms with Crippen molar-refractivity contribution in [1.82, 2.24) is 9.97 Å². The van der Waals surface area contributed by atoms with E-state index in [1.54, 1.807) is 17.8 Å². The Morgan fingerprint density at radius 2 is 1.75 bits per heavy atom. The van der Waals surface area contributed by atoms with E-state index in [0.717, 1.165) is 12.8 Å². The first-order valence-electron chi connectivity index (χ1n) is 5.47. The van der Waals surface area contributed by atoms with Crippen LogP contribution in [0.5, 0.6) is 0 Å². The second-order valence-corrected chi connectivity index (χ2v) is 5.31. The molecule has 6 N–H and O–H groups in total. The number of aromatic nitrogens is 2. The van der Waals surface area contributed by atoms with E-state index in [4.69, 9.17) is 17.2 Å². The molecule has 6 heteroatoms. The Hall–Kier alpha value is -1.01. The van der Waals surface area contributed by atoms with E-state index in [1.165, 1.54) is 12.8 Å². The van der Waals surface area contributed by atoms with Crippen molar-refractivity contribution in [2.75, 3.05) is 11.5 Å². The van der Waals surface area contributed by atoms with E-state index in [9.17, 15) is 0 Å². The molecule has 0 radical (unpaired) electrons. The third-order valence-corrected chi connectivity index (χ3v) is 4.04. The molecular weight excluding hydrogens is 222 g/mol. The first kappa shape index (κ1) is 11.5. The molecule has 1 aliphatic rings. The summed E-state index contributed by atoms with van der Waals surface area (Å²) in [6.07, 6.45) is 4.64. The lowest BCUT2D eigenvalue weighted by molar-refractivity contribution is 0.453. The lowest BCUT2D eigenvalue weighted by Gasteiger charge is -2.27. The number of nitrogens with two attached hydrogens (primary N) is 3. The van der Waals surface area contributed by atoms with Crippen LogP contribution in [-0.2, 0) is 0 Å². The van der Waals surface area contributed by atoms with Crippen LogP contribution in [0.15, 0.2) is 11.2 Å². The first-order valence-corrected chi connectivity index (χ1v) is 6.35. The molecule has 2 unspecified atom stereocenters. The van der Waals surface area contributed by atoms with Crippen LogP contribution in [0, 0.1) is 0 Å². The Bertz CT molecular complexity index is 350. The molecule has 1 aliphatic carbocycles. The Labute approximate surface area is 99.2 Å². The molecule has 0 aromatic carbocycles. The monoisotopic (exact) mass is 239 g/mol. The SMILES string of the molecule is Nc1cc(N)nc(SC2CCCCC2N)n1. The number of nitrogens with zero attached hydrogens (tertiary/aromatic N) is 2. The zero-order valence-electron chi connectivity index (χ0n) is 9.10. The number of thioether (sulfide) groups is 1. The molecule has 0 aliphatic heterocycles. The van der Waals surface area contributed by atoms with Crippen molar-refractivity contribution in [3.05, 3.63) is 6.07 Å². The van der Waals surface area contributed by atoms with Crippen molar-refractivity contribution in [2.24, 2.45) is 5.73 Å². The maximum Gasteiger partial charge on any atom is 0.191 e. The third kappa shape index (κ3) is 2.76. The molecule has 0 amide bonds. The highest BCUT2D eigenvalue weighted by atomic mass is 32.2. The molecule has 1 heterocycles. The van der Waals surface area contributed by atoms with E-state index in [1.807, 2.05) is 0 Å². The number of hydrogen-bond acceptors (Lipinski definition) is 6. The standard InChI is InChI=1S/C10H17N5S/c11-6-3-1-2-4-7(6)16-10-14-8(12)5-9(13)15-10/h5-7H,1-4,11H2,(H4,12,13,14,15). The maximum atomic E-state index is 6.06. The summed E-state index contributed by atoms with van der Waals surface area (Å²) in [7, 11) is 0. The van der Waals surface area contributed by atoms with Gasteiger partial charge < -0.3 is 17.2 Å². The molecule has 0 spiro atoms. The van der Waals surface area contributed by atoms with Crippen molar-refractivity contribution < 1.29 is 0 Å². The van der Waals surface area contributed by atoms with Gasteiger partial charge in [0, 0.05) is 17.4 Å². The molecule has 0 saturated heterocycles. The van der Waals surface area contributed by atoms with Gasteiger partial charge in [-0.3, -0.25) is 0 Å². The average Bonchev–Trinajstić information content (AvgIpc) is 2.20. The summed E-state index contributed by atoms with van der Waals surface area (Å²) in [6, 6.07) is 1.79. The molecule has 1 saturated carbocycles.